The van der Waals surface area contributed by atoms with Crippen LogP contribution < -0.4 is 0 Å². The first-order valence-corrected chi connectivity index (χ1v) is 4.49. The van der Waals surface area contributed by atoms with Crippen molar-refractivity contribution in [2.75, 3.05) is 0 Å². The van der Waals surface area contributed by atoms with Crippen LogP contribution in [0.1, 0.15) is 6.42 Å². The molecule has 1 unspecified atom stereocenters. The van der Waals surface area contributed by atoms with Crippen molar-refractivity contribution in [2.24, 2.45) is 0 Å². The number of nitrogens with zero attached hydrogens (tertiary/aromatic N) is 1. The first-order valence-electron chi connectivity index (χ1n) is 4.49. The van der Waals surface area contributed by atoms with Crippen LogP contribution in [0.25, 0.3) is 0 Å². The van der Waals surface area contributed by atoms with Crippen molar-refractivity contribution >= 4 is 0 Å². The molecule has 4 N–H and O–H groups in total. The fourth-order valence-electron chi connectivity index (χ4n) is 1.30. The van der Waals surface area contributed by atoms with Crippen LogP contribution in [0.5, 0.6) is 0 Å². The van der Waals surface area contributed by atoms with E-state index in [2.05, 4.69) is 0 Å². The fourth-order valence-corrected chi connectivity index (χ4v) is 1.30. The van der Waals surface area contributed by atoms with Gasteiger partial charge in [0.15, 0.2) is 6.29 Å². The maximum absolute atomic E-state index is 9.44. The lowest BCUT2D eigenvalue weighted by Crippen LogP contribution is -2.56. The molecule has 0 radical (unpaired) electrons. The van der Waals surface area contributed by atoms with Crippen LogP contribution in [-0.4, -0.2) is 51.1 Å². The van der Waals surface area contributed by atoms with Gasteiger partial charge in [0, 0.05) is 0 Å². The third kappa shape index (κ3) is 2.75. The van der Waals surface area contributed by atoms with E-state index in [-0.39, 0.29) is 6.42 Å². The van der Waals surface area contributed by atoms with Gasteiger partial charge >= 0.3 is 0 Å². The van der Waals surface area contributed by atoms with Gasteiger partial charge in [0.2, 0.25) is 0 Å². The highest BCUT2D eigenvalue weighted by molar-refractivity contribution is 5.02. The third-order valence-electron chi connectivity index (χ3n) is 2.16. The zero-order valence-corrected chi connectivity index (χ0v) is 7.89. The molecule has 0 aliphatic carbocycles. The molecule has 84 valence electrons. The third-order valence-corrected chi connectivity index (χ3v) is 2.16. The molecule has 6 heteroatoms. The number of hydrogen-bond donors (Lipinski definition) is 4. The zero-order chi connectivity index (χ0) is 11.4. The van der Waals surface area contributed by atoms with Crippen LogP contribution in [0.15, 0.2) is 12.2 Å². The summed E-state index contributed by atoms with van der Waals surface area (Å²) in [6.07, 6.45) is -3.82. The van der Waals surface area contributed by atoms with Gasteiger partial charge in [-0.1, -0.05) is 12.2 Å². The Morgan fingerprint density at radius 3 is 2.40 bits per heavy atom. The SMILES string of the molecule is N#CCC=C[C@@H]1OC(O)[C@H](O)[C@H](O)[C@H]1O. The van der Waals surface area contributed by atoms with Gasteiger partial charge in [0.05, 0.1) is 12.5 Å². The van der Waals surface area contributed by atoms with E-state index in [1.54, 1.807) is 0 Å². The van der Waals surface area contributed by atoms with Crippen LogP contribution in [0, 0.1) is 11.3 Å². The molecule has 0 saturated carbocycles. The number of hydrogen-bond acceptors (Lipinski definition) is 6. The van der Waals surface area contributed by atoms with Crippen LogP contribution in [0.2, 0.25) is 0 Å². The topological polar surface area (TPSA) is 114 Å². The van der Waals surface area contributed by atoms with Gasteiger partial charge in [0.1, 0.15) is 24.4 Å². The molecule has 1 heterocycles. The molecule has 5 atom stereocenters. The van der Waals surface area contributed by atoms with Gasteiger partial charge in [-0.25, -0.2) is 0 Å². The van der Waals surface area contributed by atoms with Crippen molar-refractivity contribution in [3.63, 3.8) is 0 Å². The average Bonchev–Trinajstić information content (AvgIpc) is 2.23. The van der Waals surface area contributed by atoms with Gasteiger partial charge in [-0.05, 0) is 0 Å². The smallest absolute Gasteiger partial charge is 0.184 e. The van der Waals surface area contributed by atoms with E-state index in [0.717, 1.165) is 0 Å². The highest BCUT2D eigenvalue weighted by Gasteiger charge is 2.41. The second-order valence-electron chi connectivity index (χ2n) is 3.25. The summed E-state index contributed by atoms with van der Waals surface area (Å²) in [5.41, 5.74) is 0. The highest BCUT2D eigenvalue weighted by atomic mass is 16.6. The molecule has 0 aromatic rings. The Kier molecular flexibility index (Phi) is 4.20. The Morgan fingerprint density at radius 1 is 1.13 bits per heavy atom. The second kappa shape index (κ2) is 5.21. The molecule has 1 aliphatic heterocycles. The van der Waals surface area contributed by atoms with Gasteiger partial charge in [-0.2, -0.15) is 5.26 Å². The number of aliphatic hydroxyl groups is 4. The maximum Gasteiger partial charge on any atom is 0.184 e. The van der Waals surface area contributed by atoms with Gasteiger partial charge in [-0.3, -0.25) is 0 Å². The average molecular weight is 215 g/mol. The lowest BCUT2D eigenvalue weighted by atomic mass is 9.98. The van der Waals surface area contributed by atoms with Crippen LogP contribution in [-0.2, 0) is 4.74 Å². The van der Waals surface area contributed by atoms with E-state index in [0.29, 0.717) is 0 Å². The minimum absolute atomic E-state index is 0.140. The van der Waals surface area contributed by atoms with E-state index in [9.17, 15) is 10.2 Å². The molecule has 0 bridgehead atoms. The number of rotatable bonds is 2. The second-order valence-corrected chi connectivity index (χ2v) is 3.25. The van der Waals surface area contributed by atoms with Gasteiger partial charge in [0.25, 0.3) is 0 Å². The van der Waals surface area contributed by atoms with Gasteiger partial charge in [-0.15, -0.1) is 0 Å². The van der Waals surface area contributed by atoms with Crippen molar-refractivity contribution in [1.29, 1.82) is 5.26 Å². The summed E-state index contributed by atoms with van der Waals surface area (Å²) < 4.78 is 4.83. The van der Waals surface area contributed by atoms with Crippen molar-refractivity contribution in [1.82, 2.24) is 0 Å². The highest BCUT2D eigenvalue weighted by Crippen LogP contribution is 2.20. The molecule has 0 spiro atoms. The Labute approximate surface area is 86.6 Å². The molecule has 1 saturated heterocycles. The Bertz CT molecular complexity index is 274. The molecule has 0 amide bonds. The number of aliphatic hydroxyl groups excluding tert-OH is 4. The van der Waals surface area contributed by atoms with E-state index < -0.39 is 30.7 Å². The fraction of sp³-hybridized carbons (Fsp3) is 0.667. The van der Waals surface area contributed by atoms with Crippen LogP contribution in [0.4, 0.5) is 0 Å². The van der Waals surface area contributed by atoms with Crippen LogP contribution in [0.3, 0.4) is 0 Å². The zero-order valence-electron chi connectivity index (χ0n) is 7.89. The summed E-state index contributed by atoms with van der Waals surface area (Å²) >= 11 is 0. The lowest BCUT2D eigenvalue weighted by molar-refractivity contribution is -0.271. The quantitative estimate of drug-likeness (QED) is 0.406. The van der Waals surface area contributed by atoms with Gasteiger partial charge < -0.3 is 25.2 Å². The summed E-state index contributed by atoms with van der Waals surface area (Å²) in [6.45, 7) is 0. The molecule has 1 aliphatic rings. The molecule has 6 nitrogen and oxygen atoms in total. The Hall–Kier alpha value is -0.970. The molecular formula is C9H13NO5. The van der Waals surface area contributed by atoms with E-state index in [4.69, 9.17) is 20.2 Å². The van der Waals surface area contributed by atoms with Crippen molar-refractivity contribution in [2.45, 2.75) is 37.1 Å². The first-order chi connectivity index (χ1) is 7.07. The predicted molar refractivity (Wildman–Crippen MR) is 48.3 cm³/mol. The summed E-state index contributed by atoms with van der Waals surface area (Å²) in [7, 11) is 0. The summed E-state index contributed by atoms with van der Waals surface area (Å²) in [5.74, 6) is 0. The minimum atomic E-state index is -1.54. The normalized spacial score (nSPS) is 41.7. The number of nitriles is 1. The molecule has 15 heavy (non-hydrogen) atoms. The standard InChI is InChI=1S/C9H13NO5/c10-4-2-1-3-5-6(11)7(12)8(13)9(14)15-5/h1,3,5-9,11-14H,2H2/t5-,6-,7+,8+,9?/m0/s1. The minimum Gasteiger partial charge on any atom is -0.387 e. The summed E-state index contributed by atoms with van der Waals surface area (Å²) in [5, 5.41) is 45.3. The Balaban J connectivity index is 2.63. The summed E-state index contributed by atoms with van der Waals surface area (Å²) in [4.78, 5) is 0. The molecular weight excluding hydrogens is 202 g/mol. The van der Waals surface area contributed by atoms with E-state index in [1.165, 1.54) is 12.2 Å². The first kappa shape index (κ1) is 12.1. The molecule has 1 rings (SSSR count). The Morgan fingerprint density at radius 2 is 1.80 bits per heavy atom. The van der Waals surface area contributed by atoms with Crippen molar-refractivity contribution < 1.29 is 25.2 Å². The summed E-state index contributed by atoms with van der Waals surface area (Å²) in [6, 6.07) is 1.85. The molecule has 1 fully saturated rings. The van der Waals surface area contributed by atoms with E-state index in [1.807, 2.05) is 6.07 Å². The van der Waals surface area contributed by atoms with E-state index >= 15 is 0 Å². The molecule has 0 aromatic heterocycles. The van der Waals surface area contributed by atoms with Crippen molar-refractivity contribution in [3.8, 4) is 6.07 Å². The largest absolute Gasteiger partial charge is 0.387 e. The number of allylic oxidation sites excluding steroid dienone is 1. The predicted octanol–water partition coefficient (Wildman–Crippen LogP) is -1.74. The lowest BCUT2D eigenvalue weighted by Gasteiger charge is -2.37. The van der Waals surface area contributed by atoms with Crippen molar-refractivity contribution in [3.05, 3.63) is 12.2 Å². The molecule has 0 aromatic carbocycles. The number of ether oxygens (including phenoxy) is 1. The van der Waals surface area contributed by atoms with Crippen LogP contribution >= 0.6 is 0 Å². The monoisotopic (exact) mass is 215 g/mol. The maximum atomic E-state index is 9.44.